The minimum atomic E-state index is -0.285. The largest absolute Gasteiger partial charge is 0.353 e. The molecule has 1 N–H and O–H groups in total. The number of benzene rings is 1. The third-order valence-electron chi connectivity index (χ3n) is 3.61. The summed E-state index contributed by atoms with van der Waals surface area (Å²) in [7, 11) is 0. The molecule has 0 aliphatic carbocycles. The summed E-state index contributed by atoms with van der Waals surface area (Å²) in [6.07, 6.45) is 2.24. The molecule has 1 aliphatic heterocycles. The van der Waals surface area contributed by atoms with Crippen LogP contribution in [0.3, 0.4) is 0 Å². The van der Waals surface area contributed by atoms with Gasteiger partial charge in [0.15, 0.2) is 11.6 Å². The van der Waals surface area contributed by atoms with E-state index in [1.165, 1.54) is 12.1 Å². The van der Waals surface area contributed by atoms with Gasteiger partial charge >= 0.3 is 0 Å². The molecule has 0 saturated carbocycles. The second kappa shape index (κ2) is 5.21. The van der Waals surface area contributed by atoms with Gasteiger partial charge in [0.05, 0.1) is 0 Å². The molecule has 3 aromatic rings. The molecule has 0 atom stereocenters. The quantitative estimate of drug-likeness (QED) is 0.796. The Bertz CT molecular complexity index is 797. The number of aromatic nitrogens is 4. The van der Waals surface area contributed by atoms with Crippen molar-refractivity contribution in [1.29, 1.82) is 0 Å². The van der Waals surface area contributed by atoms with Crippen LogP contribution in [0.4, 0.5) is 21.7 Å². The van der Waals surface area contributed by atoms with Gasteiger partial charge in [0, 0.05) is 18.8 Å². The fourth-order valence-corrected chi connectivity index (χ4v) is 2.53. The van der Waals surface area contributed by atoms with E-state index in [-0.39, 0.29) is 5.82 Å². The molecule has 0 radical (unpaired) electrons. The minimum absolute atomic E-state index is 0.285. The molecule has 1 aromatic carbocycles. The second-order valence-electron chi connectivity index (χ2n) is 5.13. The standard InChI is InChI=1S/C14H13FN6O/c15-9-3-5-10(6-4-9)16-13-14(21-7-1-2-8-21)18-12-11(17-13)19-22-20-12/h3-6H,1-2,7-8H2,(H,16,17,19). The van der Waals surface area contributed by atoms with Gasteiger partial charge in [0.1, 0.15) is 5.82 Å². The maximum absolute atomic E-state index is 13.0. The van der Waals surface area contributed by atoms with E-state index in [4.69, 9.17) is 0 Å². The van der Waals surface area contributed by atoms with Crippen LogP contribution in [-0.4, -0.2) is 33.4 Å². The lowest BCUT2D eigenvalue weighted by molar-refractivity contribution is 0.314. The summed E-state index contributed by atoms with van der Waals surface area (Å²) in [4.78, 5) is 11.1. The second-order valence-corrected chi connectivity index (χ2v) is 5.13. The Morgan fingerprint density at radius 3 is 2.41 bits per heavy atom. The number of fused-ring (bicyclic) bond motifs is 1. The van der Waals surface area contributed by atoms with E-state index < -0.39 is 0 Å². The normalized spacial score (nSPS) is 14.7. The molecule has 8 heteroatoms. The van der Waals surface area contributed by atoms with E-state index in [0.717, 1.165) is 31.6 Å². The fraction of sp³-hybridized carbons (Fsp3) is 0.286. The summed E-state index contributed by atoms with van der Waals surface area (Å²) in [5, 5.41) is 10.6. The maximum Gasteiger partial charge on any atom is 0.245 e. The smallest absolute Gasteiger partial charge is 0.245 e. The van der Waals surface area contributed by atoms with E-state index in [1.54, 1.807) is 12.1 Å². The van der Waals surface area contributed by atoms with E-state index in [9.17, 15) is 4.39 Å². The average Bonchev–Trinajstić information content (AvgIpc) is 3.19. The Kier molecular flexibility index (Phi) is 3.06. The lowest BCUT2D eigenvalue weighted by Gasteiger charge is -2.19. The van der Waals surface area contributed by atoms with Gasteiger partial charge in [-0.05, 0) is 47.4 Å². The van der Waals surface area contributed by atoms with Crippen molar-refractivity contribution in [2.24, 2.45) is 0 Å². The van der Waals surface area contributed by atoms with Crippen molar-refractivity contribution in [3.8, 4) is 0 Å². The zero-order valence-electron chi connectivity index (χ0n) is 11.7. The van der Waals surface area contributed by atoms with Gasteiger partial charge in [0.2, 0.25) is 11.3 Å². The summed E-state index contributed by atoms with van der Waals surface area (Å²) in [6, 6.07) is 6.08. The number of halogens is 1. The van der Waals surface area contributed by atoms with Gasteiger partial charge in [0.25, 0.3) is 0 Å². The van der Waals surface area contributed by atoms with E-state index >= 15 is 0 Å². The molecule has 22 heavy (non-hydrogen) atoms. The zero-order valence-corrected chi connectivity index (χ0v) is 11.7. The van der Waals surface area contributed by atoms with Gasteiger partial charge in [-0.3, -0.25) is 0 Å². The van der Waals surface area contributed by atoms with E-state index in [0.29, 0.717) is 22.9 Å². The first-order valence-corrected chi connectivity index (χ1v) is 7.07. The highest BCUT2D eigenvalue weighted by Gasteiger charge is 2.21. The summed E-state index contributed by atoms with van der Waals surface area (Å²) in [6.45, 7) is 1.84. The number of hydrogen-bond acceptors (Lipinski definition) is 7. The van der Waals surface area contributed by atoms with E-state index in [2.05, 4.69) is 35.1 Å². The molecule has 112 valence electrons. The predicted octanol–water partition coefficient (Wildman–Crippen LogP) is 2.50. The molecule has 2 aromatic heterocycles. The van der Waals surface area contributed by atoms with Crippen LogP contribution in [0.25, 0.3) is 11.3 Å². The van der Waals surface area contributed by atoms with Crippen LogP contribution in [0.15, 0.2) is 28.9 Å². The van der Waals surface area contributed by atoms with Crippen molar-refractivity contribution in [2.45, 2.75) is 12.8 Å². The van der Waals surface area contributed by atoms with Crippen molar-refractivity contribution >= 4 is 28.6 Å². The maximum atomic E-state index is 13.0. The highest BCUT2D eigenvalue weighted by molar-refractivity contribution is 5.77. The summed E-state index contributed by atoms with van der Waals surface area (Å²) < 4.78 is 17.7. The molecular formula is C14H13FN6O. The molecular weight excluding hydrogens is 287 g/mol. The molecule has 0 amide bonds. The Balaban J connectivity index is 1.76. The van der Waals surface area contributed by atoms with Gasteiger partial charge in [-0.2, -0.15) is 0 Å². The lowest BCUT2D eigenvalue weighted by Crippen LogP contribution is -2.21. The first kappa shape index (κ1) is 12.9. The third-order valence-corrected chi connectivity index (χ3v) is 3.61. The molecule has 1 saturated heterocycles. The predicted molar refractivity (Wildman–Crippen MR) is 78.5 cm³/mol. The monoisotopic (exact) mass is 300 g/mol. The van der Waals surface area contributed by atoms with Crippen LogP contribution in [0.2, 0.25) is 0 Å². The highest BCUT2D eigenvalue weighted by atomic mass is 19.1. The molecule has 0 bridgehead atoms. The van der Waals surface area contributed by atoms with Crippen molar-refractivity contribution in [1.82, 2.24) is 20.3 Å². The minimum Gasteiger partial charge on any atom is -0.353 e. The highest BCUT2D eigenvalue weighted by Crippen LogP contribution is 2.29. The summed E-state index contributed by atoms with van der Waals surface area (Å²) in [5.41, 5.74) is 1.45. The van der Waals surface area contributed by atoms with Gasteiger partial charge < -0.3 is 10.2 Å². The molecule has 0 unspecified atom stereocenters. The third kappa shape index (κ3) is 2.32. The van der Waals surface area contributed by atoms with Crippen LogP contribution in [0, 0.1) is 5.82 Å². The Morgan fingerprint density at radius 1 is 1.00 bits per heavy atom. The summed E-state index contributed by atoms with van der Waals surface area (Å²) >= 11 is 0. The Morgan fingerprint density at radius 2 is 1.68 bits per heavy atom. The molecule has 4 rings (SSSR count). The van der Waals surface area contributed by atoms with Crippen LogP contribution in [0.5, 0.6) is 0 Å². The molecule has 7 nitrogen and oxygen atoms in total. The topological polar surface area (TPSA) is 80.0 Å². The molecule has 1 aliphatic rings. The van der Waals surface area contributed by atoms with Gasteiger partial charge in [-0.15, -0.1) is 0 Å². The lowest BCUT2D eigenvalue weighted by atomic mass is 10.3. The Hall–Kier alpha value is -2.77. The van der Waals surface area contributed by atoms with Crippen molar-refractivity contribution < 1.29 is 9.02 Å². The van der Waals surface area contributed by atoms with Crippen molar-refractivity contribution in [3.63, 3.8) is 0 Å². The van der Waals surface area contributed by atoms with E-state index in [1.807, 2.05) is 0 Å². The van der Waals surface area contributed by atoms with Crippen LogP contribution in [0.1, 0.15) is 12.8 Å². The number of nitrogens with zero attached hydrogens (tertiary/aromatic N) is 5. The van der Waals surface area contributed by atoms with Crippen LogP contribution in [-0.2, 0) is 0 Å². The number of anilines is 3. The fourth-order valence-electron chi connectivity index (χ4n) is 2.53. The van der Waals surface area contributed by atoms with Gasteiger partial charge in [-0.25, -0.2) is 19.0 Å². The average molecular weight is 300 g/mol. The summed E-state index contributed by atoms with van der Waals surface area (Å²) in [5.74, 6) is 0.995. The molecule has 0 spiro atoms. The van der Waals surface area contributed by atoms with Gasteiger partial charge in [-0.1, -0.05) is 0 Å². The molecule has 3 heterocycles. The first-order chi connectivity index (χ1) is 10.8. The van der Waals surface area contributed by atoms with Crippen LogP contribution >= 0.6 is 0 Å². The molecule has 1 fully saturated rings. The first-order valence-electron chi connectivity index (χ1n) is 7.07. The van der Waals surface area contributed by atoms with Crippen molar-refractivity contribution in [2.75, 3.05) is 23.3 Å². The SMILES string of the molecule is Fc1ccc(Nc2nc3nonc3nc2N2CCCC2)cc1. The van der Waals surface area contributed by atoms with Crippen molar-refractivity contribution in [3.05, 3.63) is 30.1 Å². The zero-order chi connectivity index (χ0) is 14.9. The number of hydrogen-bond donors (Lipinski definition) is 1. The Labute approximate surface area is 125 Å². The van der Waals surface area contributed by atoms with Crippen LogP contribution < -0.4 is 10.2 Å². The number of nitrogens with one attached hydrogen (secondary N) is 1. The number of rotatable bonds is 3.